The Kier molecular flexibility index (Phi) is 4.98. The number of benzene rings is 1. The van der Waals surface area contributed by atoms with Crippen molar-refractivity contribution in [1.29, 1.82) is 0 Å². The smallest absolute Gasteiger partial charge is 0.334 e. The number of fused-ring (bicyclic) bond motifs is 1. The summed E-state index contributed by atoms with van der Waals surface area (Å²) in [5.41, 5.74) is 2.58. The van der Waals surface area contributed by atoms with Crippen LogP contribution in [0.5, 0.6) is 0 Å². The monoisotopic (exact) mass is 419 g/mol. The first-order valence-corrected chi connectivity index (χ1v) is 10.1. The number of thiophene rings is 1. The molecule has 4 rings (SSSR count). The number of nitrogens with zero attached hydrogens (tertiary/aromatic N) is 3. The van der Waals surface area contributed by atoms with Gasteiger partial charge in [0.1, 0.15) is 4.83 Å². The van der Waals surface area contributed by atoms with Crippen molar-refractivity contribution in [3.05, 3.63) is 63.7 Å². The maximum absolute atomic E-state index is 12.8. The van der Waals surface area contributed by atoms with Crippen LogP contribution >= 0.6 is 11.3 Å². The van der Waals surface area contributed by atoms with Crippen LogP contribution in [-0.4, -0.2) is 39.9 Å². The molecule has 0 unspecified atom stereocenters. The Morgan fingerprint density at radius 3 is 2.55 bits per heavy atom. The molecule has 0 saturated heterocycles. The summed E-state index contributed by atoms with van der Waals surface area (Å²) in [6.45, 7) is 4.59. The average Bonchev–Trinajstić information content (AvgIpc) is 3.24. The third kappa shape index (κ3) is 3.94. The average molecular weight is 419 g/mol. The number of carbonyl (C=O) groups is 1. The van der Waals surface area contributed by atoms with Crippen molar-refractivity contribution < 1.29 is 18.0 Å². The van der Waals surface area contributed by atoms with Gasteiger partial charge in [0.05, 0.1) is 17.1 Å². The van der Waals surface area contributed by atoms with Gasteiger partial charge in [-0.25, -0.2) is 0 Å². The highest BCUT2D eigenvalue weighted by Crippen LogP contribution is 2.33. The van der Waals surface area contributed by atoms with E-state index in [1.807, 2.05) is 30.7 Å². The van der Waals surface area contributed by atoms with E-state index in [2.05, 4.69) is 17.2 Å². The van der Waals surface area contributed by atoms with Gasteiger partial charge in [0, 0.05) is 24.0 Å². The van der Waals surface area contributed by atoms with E-state index in [0.717, 1.165) is 27.6 Å². The first-order valence-electron chi connectivity index (χ1n) is 9.30. The number of halogens is 3. The second-order valence-electron chi connectivity index (χ2n) is 7.29. The Balaban J connectivity index is 1.57. The summed E-state index contributed by atoms with van der Waals surface area (Å²) in [6.07, 6.45) is -3.37. The molecule has 152 valence electrons. The van der Waals surface area contributed by atoms with Crippen molar-refractivity contribution in [1.82, 2.24) is 14.7 Å². The quantitative estimate of drug-likeness (QED) is 0.554. The van der Waals surface area contributed by atoms with Crippen molar-refractivity contribution >= 4 is 27.5 Å². The van der Waals surface area contributed by atoms with Crippen LogP contribution in [0, 0.1) is 13.8 Å². The summed E-state index contributed by atoms with van der Waals surface area (Å²) in [5.74, 6) is -0.232. The van der Waals surface area contributed by atoms with E-state index in [0.29, 0.717) is 11.4 Å². The maximum Gasteiger partial charge on any atom is 0.412 e. The zero-order chi connectivity index (χ0) is 20.8. The lowest BCUT2D eigenvalue weighted by Gasteiger charge is -2.26. The zero-order valence-electron chi connectivity index (χ0n) is 16.1. The number of amides is 1. The first kappa shape index (κ1) is 19.7. The van der Waals surface area contributed by atoms with E-state index in [-0.39, 0.29) is 25.4 Å². The van der Waals surface area contributed by atoms with E-state index in [9.17, 15) is 18.0 Å². The fourth-order valence-electron chi connectivity index (χ4n) is 3.46. The zero-order valence-corrected chi connectivity index (χ0v) is 16.9. The van der Waals surface area contributed by atoms with Crippen LogP contribution in [-0.2, 0) is 6.54 Å². The summed E-state index contributed by atoms with van der Waals surface area (Å²) in [4.78, 5) is 15.7. The fraction of sp³-hybridized carbons (Fsp3) is 0.333. The summed E-state index contributed by atoms with van der Waals surface area (Å²) in [6, 6.07) is 10.0. The molecule has 0 bridgehead atoms. The van der Waals surface area contributed by atoms with Gasteiger partial charge in [-0.2, -0.15) is 18.3 Å². The Hall–Kier alpha value is -2.61. The molecule has 0 fully saturated rings. The highest BCUT2D eigenvalue weighted by molar-refractivity contribution is 7.20. The molecular formula is C21H20F3N3OS. The highest BCUT2D eigenvalue weighted by atomic mass is 32.1. The molecule has 0 N–H and O–H groups in total. The minimum Gasteiger partial charge on any atom is -0.334 e. The minimum absolute atomic E-state index is 0.0175. The van der Waals surface area contributed by atoms with Gasteiger partial charge in [-0.1, -0.05) is 35.9 Å². The predicted molar refractivity (Wildman–Crippen MR) is 107 cm³/mol. The van der Waals surface area contributed by atoms with Crippen LogP contribution in [0.1, 0.15) is 32.9 Å². The van der Waals surface area contributed by atoms with Crippen LogP contribution in [0.2, 0.25) is 0 Å². The van der Waals surface area contributed by atoms with Crippen LogP contribution < -0.4 is 0 Å². The molecule has 3 aromatic rings. The number of carbonyl (C=O) groups excluding carboxylic acids is 1. The van der Waals surface area contributed by atoms with Gasteiger partial charge >= 0.3 is 6.18 Å². The van der Waals surface area contributed by atoms with Gasteiger partial charge in [0.15, 0.2) is 0 Å². The largest absolute Gasteiger partial charge is 0.412 e. The molecule has 0 saturated carbocycles. The summed E-state index contributed by atoms with van der Waals surface area (Å²) < 4.78 is 40.3. The van der Waals surface area contributed by atoms with Gasteiger partial charge in [0.2, 0.25) is 0 Å². The first-order chi connectivity index (χ1) is 13.7. The van der Waals surface area contributed by atoms with E-state index in [1.54, 1.807) is 6.07 Å². The molecule has 0 radical (unpaired) electrons. The molecule has 0 spiro atoms. The van der Waals surface area contributed by atoms with Crippen LogP contribution in [0.25, 0.3) is 10.2 Å². The second kappa shape index (κ2) is 7.33. The molecule has 1 amide bonds. The number of hydrogen-bond donors (Lipinski definition) is 0. The van der Waals surface area contributed by atoms with Gasteiger partial charge in [-0.05, 0) is 31.9 Å². The van der Waals surface area contributed by atoms with Crippen molar-refractivity contribution in [2.45, 2.75) is 33.0 Å². The minimum atomic E-state index is -4.32. The summed E-state index contributed by atoms with van der Waals surface area (Å²) in [7, 11) is 0. The van der Waals surface area contributed by atoms with Crippen molar-refractivity contribution in [3.63, 3.8) is 0 Å². The SMILES string of the molecule is Cc1ccc(Cn2nc(C)c3cc(C(=O)N4CC=C(C(F)(F)F)CC4)sc32)cc1. The summed E-state index contributed by atoms with van der Waals surface area (Å²) in [5, 5.41) is 5.50. The predicted octanol–water partition coefficient (Wildman–Crippen LogP) is 5.10. The number of hydrogen-bond acceptors (Lipinski definition) is 3. The molecule has 8 heteroatoms. The van der Waals surface area contributed by atoms with Crippen molar-refractivity contribution in [2.75, 3.05) is 13.1 Å². The second-order valence-corrected chi connectivity index (χ2v) is 8.32. The lowest BCUT2D eigenvalue weighted by Crippen LogP contribution is -2.36. The number of alkyl halides is 3. The van der Waals surface area contributed by atoms with E-state index < -0.39 is 11.7 Å². The van der Waals surface area contributed by atoms with Crippen LogP contribution in [0.4, 0.5) is 13.2 Å². The third-order valence-corrected chi connectivity index (χ3v) is 6.27. The van der Waals surface area contributed by atoms with E-state index >= 15 is 0 Å². The molecule has 0 aliphatic carbocycles. The molecule has 29 heavy (non-hydrogen) atoms. The molecule has 1 aromatic carbocycles. The topological polar surface area (TPSA) is 38.1 Å². The lowest BCUT2D eigenvalue weighted by molar-refractivity contribution is -0.0957. The Bertz CT molecular complexity index is 1090. The van der Waals surface area contributed by atoms with Crippen molar-refractivity contribution in [3.8, 4) is 0 Å². The number of aryl methyl sites for hydroxylation is 2. The fourth-order valence-corrected chi connectivity index (χ4v) is 4.59. The number of aromatic nitrogens is 2. The van der Waals surface area contributed by atoms with E-state index in [1.165, 1.54) is 21.8 Å². The highest BCUT2D eigenvalue weighted by Gasteiger charge is 2.35. The Morgan fingerprint density at radius 2 is 1.93 bits per heavy atom. The van der Waals surface area contributed by atoms with Crippen LogP contribution in [0.15, 0.2) is 42.0 Å². The lowest BCUT2D eigenvalue weighted by atomic mass is 10.1. The van der Waals surface area contributed by atoms with Gasteiger partial charge in [0.25, 0.3) is 5.91 Å². The molecule has 0 atom stereocenters. The molecule has 1 aliphatic heterocycles. The normalized spacial score (nSPS) is 15.1. The Labute approximate surface area is 170 Å². The Morgan fingerprint density at radius 1 is 1.21 bits per heavy atom. The summed E-state index contributed by atoms with van der Waals surface area (Å²) >= 11 is 1.34. The van der Waals surface area contributed by atoms with E-state index in [4.69, 9.17) is 0 Å². The van der Waals surface area contributed by atoms with Gasteiger partial charge < -0.3 is 4.90 Å². The molecule has 2 aromatic heterocycles. The molecule has 3 heterocycles. The van der Waals surface area contributed by atoms with Gasteiger partial charge in [-0.15, -0.1) is 11.3 Å². The van der Waals surface area contributed by atoms with Crippen molar-refractivity contribution in [2.24, 2.45) is 0 Å². The van der Waals surface area contributed by atoms with Gasteiger partial charge in [-0.3, -0.25) is 9.48 Å². The number of rotatable bonds is 3. The molecule has 1 aliphatic rings. The molecular weight excluding hydrogens is 399 g/mol. The standard InChI is InChI=1S/C21H20F3N3OS/c1-13-3-5-15(6-4-13)12-27-20-17(14(2)25-27)11-18(29-20)19(28)26-9-7-16(8-10-26)21(22,23)24/h3-7,11H,8-10,12H2,1-2H3. The molecule has 4 nitrogen and oxygen atoms in total. The maximum atomic E-state index is 12.8. The third-order valence-electron chi connectivity index (χ3n) is 5.13. The van der Waals surface area contributed by atoms with Crippen LogP contribution in [0.3, 0.4) is 0 Å².